The van der Waals surface area contributed by atoms with Gasteiger partial charge in [-0.15, -0.1) is 0 Å². The maximum absolute atomic E-state index is 14.1. The zero-order chi connectivity index (χ0) is 27.3. The van der Waals surface area contributed by atoms with Crippen LogP contribution in [0.4, 0.5) is 9.18 Å². The minimum atomic E-state index is -4.15. The first-order chi connectivity index (χ1) is 18.2. The summed E-state index contributed by atoms with van der Waals surface area (Å²) in [4.78, 5) is 29.2. The van der Waals surface area contributed by atoms with Gasteiger partial charge in [-0.05, 0) is 54.3 Å². The van der Waals surface area contributed by atoms with Gasteiger partial charge in [0.05, 0.1) is 22.2 Å². The van der Waals surface area contributed by atoms with Crippen molar-refractivity contribution in [2.45, 2.75) is 24.3 Å². The number of carbonyl (C=O) groups excluding carboxylic acids is 2. The molecule has 0 aliphatic rings. The molecule has 3 aromatic carbocycles. The van der Waals surface area contributed by atoms with Gasteiger partial charge in [0.25, 0.3) is 15.9 Å². The maximum Gasteiger partial charge on any atom is 0.329 e. The number of primary amides is 1. The van der Waals surface area contributed by atoms with Gasteiger partial charge in [0.15, 0.2) is 0 Å². The minimum Gasteiger partial charge on any atom is -0.366 e. The molecule has 0 bridgehead atoms. The molecule has 0 spiro atoms. The molecule has 10 heteroatoms. The second-order valence-corrected chi connectivity index (χ2v) is 10.2. The third-order valence-electron chi connectivity index (χ3n) is 5.91. The molecule has 38 heavy (non-hydrogen) atoms. The van der Waals surface area contributed by atoms with E-state index in [0.717, 1.165) is 11.6 Å². The molecule has 0 fully saturated rings. The number of hydrogen-bond donors (Lipinski definition) is 3. The standard InChI is InChI=1S/C28H25FN4O4S/c1-18-8-5-6-12-25(18)38(36,37)33-28(35)32-24(16-19-9-3-2-4-10-19)26-21(11-7-15-31-26)20-13-14-23(29)22(17-20)27(30)34/h2-15,17,24H,16H2,1H3,(H2,30,34)(H2,32,33,35). The fraction of sp³-hybridized carbons (Fsp3) is 0.107. The normalized spacial score (nSPS) is 11.9. The number of rotatable bonds is 8. The molecular weight excluding hydrogens is 507 g/mol. The molecule has 8 nitrogen and oxygen atoms in total. The van der Waals surface area contributed by atoms with Gasteiger partial charge in [0.1, 0.15) is 5.82 Å². The molecular formula is C28H25FN4O4S. The lowest BCUT2D eigenvalue weighted by Crippen LogP contribution is -2.42. The van der Waals surface area contributed by atoms with Crippen LogP contribution in [0, 0.1) is 12.7 Å². The summed E-state index contributed by atoms with van der Waals surface area (Å²) in [6, 6.07) is 21.1. The van der Waals surface area contributed by atoms with Crippen LogP contribution in [0.1, 0.15) is 33.2 Å². The van der Waals surface area contributed by atoms with Gasteiger partial charge in [-0.2, -0.15) is 0 Å². The van der Waals surface area contributed by atoms with Crippen molar-refractivity contribution in [2.24, 2.45) is 5.73 Å². The number of carbonyl (C=O) groups is 2. The number of aryl methyl sites for hydroxylation is 1. The molecule has 0 aliphatic heterocycles. The van der Waals surface area contributed by atoms with Crippen molar-refractivity contribution in [3.8, 4) is 11.1 Å². The summed E-state index contributed by atoms with van der Waals surface area (Å²) < 4.78 is 42.0. The van der Waals surface area contributed by atoms with Gasteiger partial charge in [-0.1, -0.05) is 60.7 Å². The van der Waals surface area contributed by atoms with Crippen molar-refractivity contribution in [3.05, 3.63) is 119 Å². The van der Waals surface area contributed by atoms with Crippen LogP contribution in [0.3, 0.4) is 0 Å². The third kappa shape index (κ3) is 6.04. The van der Waals surface area contributed by atoms with Crippen molar-refractivity contribution >= 4 is 22.0 Å². The number of nitrogens with two attached hydrogens (primary N) is 1. The van der Waals surface area contributed by atoms with Crippen LogP contribution in [0.2, 0.25) is 0 Å². The lowest BCUT2D eigenvalue weighted by Gasteiger charge is -2.22. The fourth-order valence-corrected chi connectivity index (χ4v) is 5.27. The molecule has 0 radical (unpaired) electrons. The Kier molecular flexibility index (Phi) is 7.82. The molecule has 1 aromatic heterocycles. The van der Waals surface area contributed by atoms with E-state index in [9.17, 15) is 22.4 Å². The lowest BCUT2D eigenvalue weighted by atomic mass is 9.94. The zero-order valence-electron chi connectivity index (χ0n) is 20.4. The number of nitrogens with zero attached hydrogens (tertiary/aromatic N) is 1. The number of benzene rings is 3. The summed E-state index contributed by atoms with van der Waals surface area (Å²) in [5.74, 6) is -1.68. The summed E-state index contributed by atoms with van der Waals surface area (Å²) in [7, 11) is -4.15. The number of hydrogen-bond acceptors (Lipinski definition) is 5. The number of aromatic nitrogens is 1. The minimum absolute atomic E-state index is 0.0152. The number of sulfonamides is 1. The average Bonchev–Trinajstić information content (AvgIpc) is 2.89. The second kappa shape index (κ2) is 11.2. The van der Waals surface area contributed by atoms with Crippen LogP contribution in [0.25, 0.3) is 11.1 Å². The van der Waals surface area contributed by atoms with Gasteiger partial charge in [0.2, 0.25) is 0 Å². The van der Waals surface area contributed by atoms with Gasteiger partial charge in [-0.25, -0.2) is 22.3 Å². The highest BCUT2D eigenvalue weighted by Crippen LogP contribution is 2.30. The van der Waals surface area contributed by atoms with E-state index < -0.39 is 33.8 Å². The van der Waals surface area contributed by atoms with Crippen molar-refractivity contribution in [3.63, 3.8) is 0 Å². The maximum atomic E-state index is 14.1. The van der Waals surface area contributed by atoms with Crippen LogP contribution < -0.4 is 15.8 Å². The van der Waals surface area contributed by atoms with E-state index in [2.05, 4.69) is 15.0 Å². The Morgan fingerprint density at radius 2 is 1.68 bits per heavy atom. The SMILES string of the molecule is Cc1ccccc1S(=O)(=O)NC(=O)NC(Cc1ccccc1)c1ncccc1-c1ccc(F)c(C(N)=O)c1. The summed E-state index contributed by atoms with van der Waals surface area (Å²) in [6.07, 6.45) is 1.80. The molecule has 0 saturated heterocycles. The largest absolute Gasteiger partial charge is 0.366 e. The lowest BCUT2D eigenvalue weighted by molar-refractivity contribution is 0.0996. The number of urea groups is 1. The first-order valence-electron chi connectivity index (χ1n) is 11.6. The molecule has 1 unspecified atom stereocenters. The number of pyridine rings is 1. The van der Waals surface area contributed by atoms with Crippen molar-refractivity contribution in [1.29, 1.82) is 0 Å². The van der Waals surface area contributed by atoms with E-state index in [1.807, 2.05) is 30.3 Å². The Morgan fingerprint density at radius 1 is 0.974 bits per heavy atom. The predicted molar refractivity (Wildman–Crippen MR) is 141 cm³/mol. The Bertz CT molecular complexity index is 1590. The first-order valence-corrected chi connectivity index (χ1v) is 13.1. The summed E-state index contributed by atoms with van der Waals surface area (Å²) in [5, 5.41) is 2.73. The zero-order valence-corrected chi connectivity index (χ0v) is 21.2. The monoisotopic (exact) mass is 532 g/mol. The van der Waals surface area contributed by atoms with Crippen LogP contribution in [-0.2, 0) is 16.4 Å². The topological polar surface area (TPSA) is 131 Å². The number of amides is 3. The molecule has 1 atom stereocenters. The highest BCUT2D eigenvalue weighted by molar-refractivity contribution is 7.90. The second-order valence-electron chi connectivity index (χ2n) is 8.58. The highest BCUT2D eigenvalue weighted by atomic mass is 32.2. The summed E-state index contributed by atoms with van der Waals surface area (Å²) in [6.45, 7) is 1.63. The molecule has 0 aliphatic carbocycles. The van der Waals surface area contributed by atoms with Crippen molar-refractivity contribution in [2.75, 3.05) is 0 Å². The molecule has 194 valence electrons. The highest BCUT2D eigenvalue weighted by Gasteiger charge is 2.25. The van der Waals surface area contributed by atoms with E-state index in [-0.39, 0.29) is 16.9 Å². The Hall–Kier alpha value is -4.57. The van der Waals surface area contributed by atoms with Gasteiger partial charge < -0.3 is 11.1 Å². The summed E-state index contributed by atoms with van der Waals surface area (Å²) in [5.41, 5.74) is 7.74. The summed E-state index contributed by atoms with van der Waals surface area (Å²) >= 11 is 0. The smallest absolute Gasteiger partial charge is 0.329 e. The van der Waals surface area contributed by atoms with Crippen LogP contribution in [0.5, 0.6) is 0 Å². The number of halogens is 1. The first kappa shape index (κ1) is 26.5. The van der Waals surface area contributed by atoms with Crippen LogP contribution >= 0.6 is 0 Å². The van der Waals surface area contributed by atoms with Crippen molar-refractivity contribution in [1.82, 2.24) is 15.0 Å². The van der Waals surface area contributed by atoms with E-state index in [1.165, 1.54) is 24.4 Å². The quantitative estimate of drug-likeness (QED) is 0.312. The van der Waals surface area contributed by atoms with Crippen LogP contribution in [-0.4, -0.2) is 25.3 Å². The average molecular weight is 533 g/mol. The van der Waals surface area contributed by atoms with E-state index in [0.29, 0.717) is 22.4 Å². The van der Waals surface area contributed by atoms with Crippen molar-refractivity contribution < 1.29 is 22.4 Å². The molecule has 0 saturated carbocycles. The third-order valence-corrected chi connectivity index (χ3v) is 7.40. The fourth-order valence-electron chi connectivity index (χ4n) is 4.11. The predicted octanol–water partition coefficient (Wildman–Crippen LogP) is 4.27. The molecule has 4 rings (SSSR count). The Labute approximate surface area is 219 Å². The van der Waals surface area contributed by atoms with Gasteiger partial charge in [-0.3, -0.25) is 9.78 Å². The molecule has 4 N–H and O–H groups in total. The molecule has 4 aromatic rings. The Balaban J connectivity index is 1.71. The number of nitrogens with one attached hydrogen (secondary N) is 2. The van der Waals surface area contributed by atoms with E-state index >= 15 is 0 Å². The van der Waals surface area contributed by atoms with Gasteiger partial charge in [0, 0.05) is 11.8 Å². The van der Waals surface area contributed by atoms with E-state index in [1.54, 1.807) is 37.3 Å². The van der Waals surface area contributed by atoms with Crippen LogP contribution in [0.15, 0.2) is 96.0 Å². The van der Waals surface area contributed by atoms with E-state index in [4.69, 9.17) is 5.73 Å². The molecule has 1 heterocycles. The Morgan fingerprint density at radius 3 is 2.39 bits per heavy atom. The van der Waals surface area contributed by atoms with Gasteiger partial charge >= 0.3 is 6.03 Å². The molecule has 3 amide bonds.